The number of imidazole rings is 1. The van der Waals surface area contributed by atoms with Crippen LogP contribution in [0, 0.1) is 11.3 Å². The zero-order chi connectivity index (χ0) is 14.3. The van der Waals surface area contributed by atoms with Gasteiger partial charge in [-0.25, -0.2) is 4.98 Å². The first kappa shape index (κ1) is 14.9. The molecule has 7 heteroatoms. The van der Waals surface area contributed by atoms with E-state index >= 15 is 0 Å². The summed E-state index contributed by atoms with van der Waals surface area (Å²) in [7, 11) is 0. The third-order valence-corrected chi connectivity index (χ3v) is 2.84. The number of carboxylic acids is 1. The minimum atomic E-state index is -0.876. The number of carbonyl (C=O) groups excluding carboxylic acids is 1. The summed E-state index contributed by atoms with van der Waals surface area (Å²) in [4.78, 5) is 29.2. The summed E-state index contributed by atoms with van der Waals surface area (Å²) in [5, 5.41) is 15.8. The number of ketones is 1. The van der Waals surface area contributed by atoms with E-state index in [4.69, 9.17) is 16.2 Å². The molecule has 0 aromatic carbocycles. The van der Waals surface area contributed by atoms with Gasteiger partial charge in [-0.15, -0.1) is 0 Å². The number of hydrogen-bond acceptors (Lipinski definition) is 4. The average molecular weight is 266 g/mol. The first-order valence-corrected chi connectivity index (χ1v) is 6.08. The number of H-pyrrole nitrogens is 1. The summed E-state index contributed by atoms with van der Waals surface area (Å²) < 4.78 is 0. The fourth-order valence-electron chi connectivity index (χ4n) is 1.85. The molecule has 0 bridgehead atoms. The largest absolute Gasteiger partial charge is 0.481 e. The van der Waals surface area contributed by atoms with Gasteiger partial charge in [0.1, 0.15) is 5.69 Å². The van der Waals surface area contributed by atoms with Crippen LogP contribution in [0.3, 0.4) is 0 Å². The van der Waals surface area contributed by atoms with Crippen LogP contribution in [0.15, 0.2) is 12.5 Å². The van der Waals surface area contributed by atoms with Crippen LogP contribution in [0.5, 0.6) is 0 Å². The Morgan fingerprint density at radius 3 is 2.68 bits per heavy atom. The SMILES string of the molecule is N=C(N)CCC(CCCC(=O)O)C(=O)c1cnc[nH]1. The van der Waals surface area contributed by atoms with Crippen molar-refractivity contribution in [3.8, 4) is 0 Å². The maximum atomic E-state index is 12.2. The van der Waals surface area contributed by atoms with Crippen LogP contribution in [-0.4, -0.2) is 32.7 Å². The highest BCUT2D eigenvalue weighted by Crippen LogP contribution is 2.19. The highest BCUT2D eigenvalue weighted by molar-refractivity contribution is 5.96. The van der Waals surface area contributed by atoms with Crippen LogP contribution in [0.2, 0.25) is 0 Å². The quantitative estimate of drug-likeness (QED) is 0.302. The topological polar surface area (TPSA) is 133 Å². The van der Waals surface area contributed by atoms with Gasteiger partial charge in [0.2, 0.25) is 0 Å². The third kappa shape index (κ3) is 5.33. The molecule has 0 aliphatic heterocycles. The number of amidine groups is 1. The second-order valence-corrected chi connectivity index (χ2v) is 4.38. The lowest BCUT2D eigenvalue weighted by Gasteiger charge is -2.13. The lowest BCUT2D eigenvalue weighted by Crippen LogP contribution is -2.19. The van der Waals surface area contributed by atoms with Crippen molar-refractivity contribution < 1.29 is 14.7 Å². The van der Waals surface area contributed by atoms with Gasteiger partial charge in [-0.2, -0.15) is 0 Å². The summed E-state index contributed by atoms with van der Waals surface area (Å²) in [6.07, 6.45) is 4.58. The minimum absolute atomic E-state index is 0.0284. The molecule has 0 aliphatic carbocycles. The summed E-state index contributed by atoms with van der Waals surface area (Å²) >= 11 is 0. The molecule has 0 aliphatic rings. The number of nitrogens with two attached hydrogens (primary N) is 1. The predicted octanol–water partition coefficient (Wildman–Crippen LogP) is 1.18. The third-order valence-electron chi connectivity index (χ3n) is 2.84. The van der Waals surface area contributed by atoms with E-state index in [0.717, 1.165) is 0 Å². The van der Waals surface area contributed by atoms with E-state index in [1.54, 1.807) is 0 Å². The molecule has 1 heterocycles. The molecule has 1 aromatic heterocycles. The van der Waals surface area contributed by atoms with Crippen molar-refractivity contribution in [2.45, 2.75) is 32.1 Å². The second-order valence-electron chi connectivity index (χ2n) is 4.38. The molecule has 7 nitrogen and oxygen atoms in total. The summed E-state index contributed by atoms with van der Waals surface area (Å²) in [6.45, 7) is 0. The van der Waals surface area contributed by atoms with Gasteiger partial charge >= 0.3 is 5.97 Å². The highest BCUT2D eigenvalue weighted by atomic mass is 16.4. The molecular weight excluding hydrogens is 248 g/mol. The predicted molar refractivity (Wildman–Crippen MR) is 69.0 cm³/mol. The molecule has 0 saturated heterocycles. The van der Waals surface area contributed by atoms with Crippen molar-refractivity contribution >= 4 is 17.6 Å². The van der Waals surface area contributed by atoms with E-state index < -0.39 is 5.97 Å². The molecule has 0 amide bonds. The van der Waals surface area contributed by atoms with Crippen LogP contribution >= 0.6 is 0 Å². The van der Waals surface area contributed by atoms with Gasteiger partial charge in [0.15, 0.2) is 5.78 Å². The molecule has 19 heavy (non-hydrogen) atoms. The van der Waals surface area contributed by atoms with Crippen LogP contribution < -0.4 is 5.73 Å². The Hall–Kier alpha value is -2.18. The molecular formula is C12H18N4O3. The maximum Gasteiger partial charge on any atom is 0.303 e. The molecule has 0 radical (unpaired) electrons. The van der Waals surface area contributed by atoms with E-state index in [9.17, 15) is 9.59 Å². The molecule has 0 saturated carbocycles. The van der Waals surface area contributed by atoms with Crippen molar-refractivity contribution in [1.82, 2.24) is 9.97 Å². The molecule has 104 valence electrons. The zero-order valence-electron chi connectivity index (χ0n) is 10.6. The Morgan fingerprint density at radius 1 is 1.42 bits per heavy atom. The summed E-state index contributed by atoms with van der Waals surface area (Å²) in [5.74, 6) is -1.28. The Morgan fingerprint density at radius 2 is 2.16 bits per heavy atom. The van der Waals surface area contributed by atoms with Crippen molar-refractivity contribution in [2.24, 2.45) is 11.7 Å². The summed E-state index contributed by atoms with van der Waals surface area (Å²) in [5.41, 5.74) is 5.70. The Bertz CT molecular complexity index is 442. The van der Waals surface area contributed by atoms with Crippen LogP contribution in [0.1, 0.15) is 42.6 Å². The first-order valence-electron chi connectivity index (χ1n) is 6.08. The average Bonchev–Trinajstić information content (AvgIpc) is 2.85. The lowest BCUT2D eigenvalue weighted by atomic mass is 9.91. The van der Waals surface area contributed by atoms with Gasteiger partial charge in [0, 0.05) is 18.8 Å². The van der Waals surface area contributed by atoms with Gasteiger partial charge in [-0.1, -0.05) is 0 Å². The molecule has 1 rings (SSSR count). The number of aliphatic carboxylic acids is 1. The fraction of sp³-hybridized carbons (Fsp3) is 0.500. The number of aromatic amines is 1. The molecule has 1 aromatic rings. The molecule has 5 N–H and O–H groups in total. The maximum absolute atomic E-state index is 12.2. The van der Waals surface area contributed by atoms with E-state index in [1.165, 1.54) is 12.5 Å². The zero-order valence-corrected chi connectivity index (χ0v) is 10.6. The number of nitrogens with zero attached hydrogens (tertiary/aromatic N) is 1. The second kappa shape index (κ2) is 7.30. The molecule has 0 spiro atoms. The van der Waals surface area contributed by atoms with Crippen LogP contribution in [0.4, 0.5) is 0 Å². The van der Waals surface area contributed by atoms with Gasteiger partial charge in [0.05, 0.1) is 18.4 Å². The number of aromatic nitrogens is 2. The first-order chi connectivity index (χ1) is 9.00. The van der Waals surface area contributed by atoms with Gasteiger partial charge in [-0.05, 0) is 19.3 Å². The van der Waals surface area contributed by atoms with E-state index in [1.807, 2.05) is 0 Å². The number of nitrogens with one attached hydrogen (secondary N) is 2. The number of hydrogen-bond donors (Lipinski definition) is 4. The number of rotatable bonds is 9. The normalized spacial score (nSPS) is 12.0. The standard InChI is InChI=1S/C12H18N4O3/c13-10(14)5-4-8(2-1-3-11(17)18)12(19)9-6-15-7-16-9/h6-8H,1-5H2,(H3,13,14)(H,15,16)(H,17,18). The minimum Gasteiger partial charge on any atom is -0.481 e. The van der Waals surface area contributed by atoms with Gasteiger partial charge in [0.25, 0.3) is 0 Å². The molecule has 1 atom stereocenters. The number of carbonyl (C=O) groups is 2. The van der Waals surface area contributed by atoms with Crippen molar-refractivity contribution in [3.05, 3.63) is 18.2 Å². The van der Waals surface area contributed by atoms with E-state index in [-0.39, 0.29) is 24.0 Å². The Kier molecular flexibility index (Phi) is 5.72. The highest BCUT2D eigenvalue weighted by Gasteiger charge is 2.21. The van der Waals surface area contributed by atoms with Crippen LogP contribution in [0.25, 0.3) is 0 Å². The molecule has 1 unspecified atom stereocenters. The number of carboxylic acid groups (broad SMARTS) is 1. The Labute approximate surface area is 110 Å². The fourth-order valence-corrected chi connectivity index (χ4v) is 1.85. The Balaban J connectivity index is 2.60. The van der Waals surface area contributed by atoms with E-state index in [2.05, 4.69) is 9.97 Å². The van der Waals surface area contributed by atoms with Crippen molar-refractivity contribution in [2.75, 3.05) is 0 Å². The van der Waals surface area contributed by atoms with Gasteiger partial charge < -0.3 is 15.8 Å². The monoisotopic (exact) mass is 266 g/mol. The number of Topliss-reactive ketones (excluding diaryl/α,β-unsaturated/α-hetero) is 1. The smallest absolute Gasteiger partial charge is 0.303 e. The van der Waals surface area contributed by atoms with Crippen LogP contribution in [-0.2, 0) is 4.79 Å². The van der Waals surface area contributed by atoms with E-state index in [0.29, 0.717) is 31.4 Å². The van der Waals surface area contributed by atoms with Crippen molar-refractivity contribution in [3.63, 3.8) is 0 Å². The van der Waals surface area contributed by atoms with Gasteiger partial charge in [-0.3, -0.25) is 15.0 Å². The summed E-state index contributed by atoms with van der Waals surface area (Å²) in [6, 6.07) is 0. The lowest BCUT2D eigenvalue weighted by molar-refractivity contribution is -0.137. The molecule has 0 fully saturated rings. The van der Waals surface area contributed by atoms with Crippen molar-refractivity contribution in [1.29, 1.82) is 5.41 Å².